The van der Waals surface area contributed by atoms with Crippen molar-refractivity contribution in [1.29, 1.82) is 0 Å². The van der Waals surface area contributed by atoms with Gasteiger partial charge in [-0.15, -0.1) is 10.2 Å². The summed E-state index contributed by atoms with van der Waals surface area (Å²) in [6.45, 7) is 5.82. The Morgan fingerprint density at radius 2 is 2.18 bits per heavy atom. The smallest absolute Gasteiger partial charge is 0.230 e. The number of nitrogens with two attached hydrogens (primary N) is 1. The maximum absolute atomic E-state index is 12.0. The van der Waals surface area contributed by atoms with E-state index in [0.717, 1.165) is 25.2 Å². The highest BCUT2D eigenvalue weighted by atomic mass is 32.2. The van der Waals surface area contributed by atoms with Crippen molar-refractivity contribution in [2.45, 2.75) is 50.5 Å². The Morgan fingerprint density at radius 3 is 2.86 bits per heavy atom. The van der Waals surface area contributed by atoms with Gasteiger partial charge in [-0.1, -0.05) is 37.7 Å². The zero-order valence-electron chi connectivity index (χ0n) is 16.3. The van der Waals surface area contributed by atoms with Crippen molar-refractivity contribution in [2.24, 2.45) is 0 Å². The Hall–Kier alpha value is -2.26. The number of hydrogen-bond acceptors (Lipinski definition) is 7. The molecule has 0 radical (unpaired) electrons. The summed E-state index contributed by atoms with van der Waals surface area (Å²) < 4.78 is 12.6. The Kier molecular flexibility index (Phi) is 7.16. The molecular formula is C19H27N5O3S. The molecule has 1 atom stereocenters. The van der Waals surface area contributed by atoms with Gasteiger partial charge in [-0.25, -0.2) is 4.68 Å². The van der Waals surface area contributed by atoms with Crippen LogP contribution in [-0.2, 0) is 16.1 Å². The van der Waals surface area contributed by atoms with E-state index in [1.54, 1.807) is 0 Å². The maximum atomic E-state index is 12.0. The molecule has 3 rings (SSSR count). The molecule has 0 unspecified atom stereocenters. The molecule has 1 saturated heterocycles. The first kappa shape index (κ1) is 20.5. The fourth-order valence-electron chi connectivity index (χ4n) is 2.82. The second-order valence-corrected chi connectivity index (χ2v) is 7.95. The topological polar surface area (TPSA) is 104 Å². The van der Waals surface area contributed by atoms with Crippen LogP contribution in [-0.4, -0.2) is 45.8 Å². The van der Waals surface area contributed by atoms with Crippen molar-refractivity contribution in [3.63, 3.8) is 0 Å². The molecule has 0 saturated carbocycles. The van der Waals surface area contributed by atoms with Crippen LogP contribution in [0.25, 0.3) is 0 Å². The molecule has 0 spiro atoms. The number of amides is 1. The second-order valence-electron chi connectivity index (χ2n) is 7.01. The van der Waals surface area contributed by atoms with Crippen LogP contribution >= 0.6 is 11.8 Å². The van der Waals surface area contributed by atoms with E-state index in [2.05, 4.69) is 29.4 Å². The molecule has 2 heterocycles. The van der Waals surface area contributed by atoms with E-state index < -0.39 is 0 Å². The van der Waals surface area contributed by atoms with Crippen LogP contribution in [0.15, 0.2) is 29.4 Å². The van der Waals surface area contributed by atoms with Crippen molar-refractivity contribution >= 4 is 17.7 Å². The van der Waals surface area contributed by atoms with Crippen molar-refractivity contribution in [3.8, 4) is 5.75 Å². The average molecular weight is 406 g/mol. The summed E-state index contributed by atoms with van der Waals surface area (Å²) in [6.07, 6.45) is 2.18. The van der Waals surface area contributed by atoms with E-state index in [4.69, 9.17) is 15.3 Å². The van der Waals surface area contributed by atoms with Crippen LogP contribution in [0.2, 0.25) is 0 Å². The molecule has 2 aromatic rings. The normalized spacial score (nSPS) is 16.5. The molecule has 1 aromatic carbocycles. The second kappa shape index (κ2) is 9.79. The van der Waals surface area contributed by atoms with E-state index >= 15 is 0 Å². The van der Waals surface area contributed by atoms with E-state index in [1.165, 1.54) is 22.0 Å². The van der Waals surface area contributed by atoms with Gasteiger partial charge in [-0.3, -0.25) is 4.79 Å². The van der Waals surface area contributed by atoms with Gasteiger partial charge in [-0.05, 0) is 36.5 Å². The Bertz CT molecular complexity index is 772. The lowest BCUT2D eigenvalue weighted by Crippen LogP contribution is -2.33. The highest BCUT2D eigenvalue weighted by molar-refractivity contribution is 7.99. The number of benzene rings is 1. The van der Waals surface area contributed by atoms with Gasteiger partial charge in [0.15, 0.2) is 5.82 Å². The SMILES string of the molecule is CC(C)c1ccc(OCc2nnc(SCC(=O)NC[C@H]3CCCO3)n2N)cc1. The third-order valence-electron chi connectivity index (χ3n) is 4.53. The first-order valence-electron chi connectivity index (χ1n) is 9.46. The van der Waals surface area contributed by atoms with Crippen LogP contribution in [0.3, 0.4) is 0 Å². The molecule has 1 aromatic heterocycles. The van der Waals surface area contributed by atoms with E-state index in [1.807, 2.05) is 24.3 Å². The number of thioether (sulfide) groups is 1. The fraction of sp³-hybridized carbons (Fsp3) is 0.526. The van der Waals surface area contributed by atoms with Crippen LogP contribution < -0.4 is 15.9 Å². The number of aromatic nitrogens is 3. The predicted octanol–water partition coefficient (Wildman–Crippen LogP) is 2.08. The van der Waals surface area contributed by atoms with Gasteiger partial charge in [0.1, 0.15) is 12.4 Å². The molecule has 9 heteroatoms. The lowest BCUT2D eigenvalue weighted by atomic mass is 10.0. The van der Waals surface area contributed by atoms with E-state index in [-0.39, 0.29) is 24.4 Å². The zero-order valence-corrected chi connectivity index (χ0v) is 17.1. The first-order chi connectivity index (χ1) is 13.5. The van der Waals surface area contributed by atoms with Crippen LogP contribution in [0.5, 0.6) is 5.75 Å². The number of carbonyl (C=O) groups excluding carboxylic acids is 1. The van der Waals surface area contributed by atoms with Gasteiger partial charge in [0.25, 0.3) is 0 Å². The number of hydrogen-bond donors (Lipinski definition) is 2. The molecule has 28 heavy (non-hydrogen) atoms. The fourth-order valence-corrected chi connectivity index (χ4v) is 3.52. The summed E-state index contributed by atoms with van der Waals surface area (Å²) in [6, 6.07) is 7.95. The van der Waals surface area contributed by atoms with Crippen LogP contribution in [0.4, 0.5) is 0 Å². The molecule has 0 bridgehead atoms. The number of nitrogen functional groups attached to an aromatic ring is 1. The third kappa shape index (κ3) is 5.62. The van der Waals surface area contributed by atoms with E-state index in [9.17, 15) is 4.79 Å². The Labute approximate surface area is 169 Å². The van der Waals surface area contributed by atoms with E-state index in [0.29, 0.717) is 23.4 Å². The monoisotopic (exact) mass is 405 g/mol. The molecule has 1 fully saturated rings. The Balaban J connectivity index is 1.44. The van der Waals surface area contributed by atoms with Crippen molar-refractivity contribution in [2.75, 3.05) is 24.7 Å². The van der Waals surface area contributed by atoms with Crippen molar-refractivity contribution in [1.82, 2.24) is 20.2 Å². The highest BCUT2D eigenvalue weighted by Gasteiger charge is 2.17. The maximum Gasteiger partial charge on any atom is 0.230 e. The molecule has 152 valence electrons. The van der Waals surface area contributed by atoms with Gasteiger partial charge in [0.05, 0.1) is 11.9 Å². The number of ether oxygens (including phenoxy) is 2. The minimum atomic E-state index is -0.0773. The molecule has 8 nitrogen and oxygen atoms in total. The molecule has 1 amide bonds. The minimum Gasteiger partial charge on any atom is -0.486 e. The molecule has 3 N–H and O–H groups in total. The largest absolute Gasteiger partial charge is 0.486 e. The standard InChI is InChI=1S/C19H27N5O3S/c1-13(2)14-5-7-15(8-6-14)27-11-17-22-23-19(24(17)20)28-12-18(25)21-10-16-4-3-9-26-16/h5-8,13,16H,3-4,9-12,20H2,1-2H3,(H,21,25)/t16-/m1/s1. The third-order valence-corrected chi connectivity index (χ3v) is 5.48. The highest BCUT2D eigenvalue weighted by Crippen LogP contribution is 2.20. The lowest BCUT2D eigenvalue weighted by molar-refractivity contribution is -0.119. The van der Waals surface area contributed by atoms with Gasteiger partial charge in [0, 0.05) is 13.2 Å². The summed E-state index contributed by atoms with van der Waals surface area (Å²) in [4.78, 5) is 12.0. The van der Waals surface area contributed by atoms with Crippen molar-refractivity contribution in [3.05, 3.63) is 35.7 Å². The quantitative estimate of drug-likeness (QED) is 0.486. The molecule has 0 aliphatic carbocycles. The van der Waals surface area contributed by atoms with Crippen molar-refractivity contribution < 1.29 is 14.3 Å². The van der Waals surface area contributed by atoms with Gasteiger partial charge in [-0.2, -0.15) is 0 Å². The summed E-state index contributed by atoms with van der Waals surface area (Å²) in [5, 5.41) is 11.4. The first-order valence-corrected chi connectivity index (χ1v) is 10.4. The molecular weight excluding hydrogens is 378 g/mol. The summed E-state index contributed by atoms with van der Waals surface area (Å²) in [5.41, 5.74) is 1.26. The Morgan fingerprint density at radius 1 is 1.39 bits per heavy atom. The predicted molar refractivity (Wildman–Crippen MR) is 108 cm³/mol. The number of rotatable bonds is 9. The minimum absolute atomic E-state index is 0.0773. The number of nitrogens with one attached hydrogen (secondary N) is 1. The zero-order chi connectivity index (χ0) is 19.9. The van der Waals surface area contributed by atoms with Gasteiger partial charge >= 0.3 is 0 Å². The number of nitrogens with zero attached hydrogens (tertiary/aromatic N) is 3. The van der Waals surface area contributed by atoms with Gasteiger partial charge < -0.3 is 20.6 Å². The lowest BCUT2D eigenvalue weighted by Gasteiger charge is -2.10. The molecule has 1 aliphatic heterocycles. The molecule has 1 aliphatic rings. The summed E-state index contributed by atoms with van der Waals surface area (Å²) in [5.74, 6) is 7.89. The number of carbonyl (C=O) groups is 1. The van der Waals surface area contributed by atoms with Crippen LogP contribution in [0.1, 0.15) is 44.0 Å². The summed E-state index contributed by atoms with van der Waals surface area (Å²) >= 11 is 1.24. The summed E-state index contributed by atoms with van der Waals surface area (Å²) in [7, 11) is 0. The van der Waals surface area contributed by atoms with Crippen LogP contribution in [0, 0.1) is 0 Å². The average Bonchev–Trinajstić information content (AvgIpc) is 3.33. The van der Waals surface area contributed by atoms with Gasteiger partial charge in [0.2, 0.25) is 11.1 Å².